The van der Waals surface area contributed by atoms with Crippen LogP contribution in [0.1, 0.15) is 22.5 Å². The summed E-state index contributed by atoms with van der Waals surface area (Å²) in [4.78, 5) is 22.3. The van der Waals surface area contributed by atoms with Crippen molar-refractivity contribution in [1.82, 2.24) is 29.7 Å². The number of hydrogen-bond acceptors (Lipinski definition) is 12. The van der Waals surface area contributed by atoms with Gasteiger partial charge in [0.05, 0.1) is 46.0 Å². The van der Waals surface area contributed by atoms with Crippen LogP contribution in [0.15, 0.2) is 122 Å². The third-order valence-electron chi connectivity index (χ3n) is 8.98. The van der Waals surface area contributed by atoms with Crippen molar-refractivity contribution in [2.75, 3.05) is 28.3 Å². The fraction of sp³-hybridized carbons (Fsp3) is 0.182. The summed E-state index contributed by atoms with van der Waals surface area (Å²) in [6, 6.07) is 35.2. The SMILES string of the molecule is COc1cc(-c2nc3ccccc3s2)cc(CN(C)Cc2ccccn2)c1[O-].COc1cc(-c2nc3ccccc3s2)cc(CN(C)Cc2ccccn2)c1[O-].[Cu+2]. The zero-order valence-electron chi connectivity index (χ0n) is 31.8. The van der Waals surface area contributed by atoms with Crippen molar-refractivity contribution in [3.8, 4) is 44.1 Å². The molecule has 0 bridgehead atoms. The minimum atomic E-state index is -0.0831. The zero-order chi connectivity index (χ0) is 39.0. The van der Waals surface area contributed by atoms with Crippen LogP contribution in [0, 0.1) is 0 Å². The maximum Gasteiger partial charge on any atom is 2.00 e. The molecule has 4 aromatic carbocycles. The molecule has 0 fully saturated rings. The number of methoxy groups -OCH3 is 2. The molecule has 0 aliphatic rings. The molecule has 0 N–H and O–H groups in total. The Morgan fingerprint density at radius 1 is 0.544 bits per heavy atom. The predicted molar refractivity (Wildman–Crippen MR) is 221 cm³/mol. The second kappa shape index (κ2) is 19.2. The van der Waals surface area contributed by atoms with Gasteiger partial charge in [0.2, 0.25) is 0 Å². The molecule has 13 heteroatoms. The van der Waals surface area contributed by atoms with Crippen molar-refractivity contribution in [2.24, 2.45) is 0 Å². The Kier molecular flexibility index (Phi) is 13.9. The van der Waals surface area contributed by atoms with Crippen LogP contribution in [0.4, 0.5) is 0 Å². The molecule has 0 atom stereocenters. The van der Waals surface area contributed by atoms with E-state index in [1.807, 2.05) is 99.0 Å². The Hall–Kier alpha value is -5.40. The molecule has 0 unspecified atom stereocenters. The predicted octanol–water partition coefficient (Wildman–Crippen LogP) is 8.14. The molecule has 4 heterocycles. The van der Waals surface area contributed by atoms with Crippen LogP contribution in [0.3, 0.4) is 0 Å². The van der Waals surface area contributed by atoms with Crippen molar-refractivity contribution >= 4 is 43.1 Å². The molecule has 0 spiro atoms. The summed E-state index contributed by atoms with van der Waals surface area (Å²) in [5.74, 6) is 0.524. The molecule has 0 saturated carbocycles. The monoisotopic (exact) mass is 843 g/mol. The van der Waals surface area contributed by atoms with Gasteiger partial charge < -0.3 is 19.7 Å². The Bertz CT molecular complexity index is 2310. The van der Waals surface area contributed by atoms with Crippen molar-refractivity contribution in [1.29, 1.82) is 0 Å². The smallest absolute Gasteiger partial charge is 0.870 e. The van der Waals surface area contributed by atoms with E-state index in [0.717, 1.165) is 53.0 Å². The molecule has 4 aromatic heterocycles. The number of ether oxygens (including phenoxy) is 2. The third-order valence-corrected chi connectivity index (χ3v) is 11.2. The van der Waals surface area contributed by atoms with Gasteiger partial charge in [0.15, 0.2) is 0 Å². The standard InChI is InChI=1S/2C22H21N3O2S.Cu/c2*1-25(14-17-7-5-6-10-23-17)13-16-11-15(12-19(27-2)21(16)26)22-24-18-8-3-4-9-20(18)28-22;/h2*3-12,26H,13-14H2,1-2H3;/q;;+2/p-2. The number of fused-ring (bicyclic) bond motifs is 2. The van der Waals surface area contributed by atoms with E-state index in [1.54, 1.807) is 47.2 Å². The first-order valence-corrected chi connectivity index (χ1v) is 19.6. The van der Waals surface area contributed by atoms with Gasteiger partial charge in [-0.25, -0.2) is 9.97 Å². The molecule has 293 valence electrons. The van der Waals surface area contributed by atoms with E-state index in [1.165, 1.54) is 14.2 Å². The molecule has 8 rings (SSSR count). The van der Waals surface area contributed by atoms with Crippen LogP contribution >= 0.6 is 22.7 Å². The van der Waals surface area contributed by atoms with Crippen LogP contribution < -0.4 is 19.7 Å². The molecule has 0 saturated heterocycles. The van der Waals surface area contributed by atoms with Crippen molar-refractivity contribution in [3.05, 3.63) is 144 Å². The van der Waals surface area contributed by atoms with E-state index < -0.39 is 0 Å². The summed E-state index contributed by atoms with van der Waals surface area (Å²) in [5.41, 5.74) is 7.03. The van der Waals surface area contributed by atoms with E-state index >= 15 is 0 Å². The van der Waals surface area contributed by atoms with E-state index in [9.17, 15) is 10.2 Å². The van der Waals surface area contributed by atoms with Gasteiger partial charge in [-0.3, -0.25) is 19.8 Å². The summed E-state index contributed by atoms with van der Waals surface area (Å²) in [6.45, 7) is 2.33. The third kappa shape index (κ3) is 10.1. The number of nitrogens with zero attached hydrogens (tertiary/aromatic N) is 6. The Morgan fingerprint density at radius 3 is 1.32 bits per heavy atom. The van der Waals surface area contributed by atoms with Crippen molar-refractivity contribution in [3.63, 3.8) is 0 Å². The summed E-state index contributed by atoms with van der Waals surface area (Å²) in [6.07, 6.45) is 3.55. The average molecular weight is 845 g/mol. The maximum atomic E-state index is 12.8. The minimum absolute atomic E-state index is 0. The fourth-order valence-corrected chi connectivity index (χ4v) is 8.23. The van der Waals surface area contributed by atoms with Gasteiger partial charge >= 0.3 is 17.1 Å². The number of hydrogen-bond donors (Lipinski definition) is 0. The zero-order valence-corrected chi connectivity index (χ0v) is 34.4. The van der Waals surface area contributed by atoms with Crippen molar-refractivity contribution < 1.29 is 36.8 Å². The Labute approximate surface area is 350 Å². The van der Waals surface area contributed by atoms with E-state index in [0.29, 0.717) is 48.8 Å². The van der Waals surface area contributed by atoms with Crippen LogP contribution in [-0.2, 0) is 43.2 Å². The van der Waals surface area contributed by atoms with Gasteiger partial charge in [0.25, 0.3) is 0 Å². The topological polar surface area (TPSA) is 123 Å². The summed E-state index contributed by atoms with van der Waals surface area (Å²) in [5, 5.41) is 27.3. The van der Waals surface area contributed by atoms with E-state index in [4.69, 9.17) is 19.4 Å². The van der Waals surface area contributed by atoms with Crippen LogP contribution in [0.5, 0.6) is 23.0 Å². The van der Waals surface area contributed by atoms with Gasteiger partial charge in [-0.1, -0.05) is 47.9 Å². The summed E-state index contributed by atoms with van der Waals surface area (Å²) < 4.78 is 13.0. The second-order valence-corrected chi connectivity index (χ2v) is 15.4. The average Bonchev–Trinajstić information content (AvgIpc) is 3.86. The first-order chi connectivity index (χ1) is 27.3. The van der Waals surface area contributed by atoms with Crippen LogP contribution in [0.25, 0.3) is 41.6 Å². The minimum Gasteiger partial charge on any atom is -0.870 e. The molecule has 10 nitrogen and oxygen atoms in total. The molecule has 1 radical (unpaired) electrons. The number of rotatable bonds is 12. The number of aromatic nitrogens is 4. The Balaban J connectivity index is 0.000000189. The van der Waals surface area contributed by atoms with Crippen LogP contribution in [-0.4, -0.2) is 58.1 Å². The first kappa shape index (κ1) is 41.2. The summed E-state index contributed by atoms with van der Waals surface area (Å²) in [7, 11) is 7.01. The number of para-hydroxylation sites is 2. The van der Waals surface area contributed by atoms with Gasteiger partial charge in [0, 0.05) is 49.7 Å². The largest absolute Gasteiger partial charge is 2.00 e. The second-order valence-electron chi connectivity index (χ2n) is 13.3. The molecular weight excluding hydrogens is 804 g/mol. The maximum absolute atomic E-state index is 12.8. The number of pyridine rings is 2. The molecule has 0 amide bonds. The van der Waals surface area contributed by atoms with E-state index in [2.05, 4.69) is 31.9 Å². The fourth-order valence-electron chi connectivity index (χ4n) is 6.33. The molecule has 0 aliphatic heterocycles. The van der Waals surface area contributed by atoms with Gasteiger partial charge in [-0.05, 0) is 98.0 Å². The molecular formula is C44H40CuN6O4S2. The molecule has 0 aliphatic carbocycles. The number of thiazole rings is 2. The van der Waals surface area contributed by atoms with Crippen LogP contribution in [0.2, 0.25) is 0 Å². The first-order valence-electron chi connectivity index (χ1n) is 17.9. The Morgan fingerprint density at radius 2 is 0.947 bits per heavy atom. The molecule has 57 heavy (non-hydrogen) atoms. The van der Waals surface area contributed by atoms with E-state index in [-0.39, 0.29) is 28.6 Å². The molecule has 8 aromatic rings. The van der Waals surface area contributed by atoms with Gasteiger partial charge in [-0.15, -0.1) is 22.7 Å². The van der Waals surface area contributed by atoms with Gasteiger partial charge in [0.1, 0.15) is 21.5 Å². The number of benzene rings is 4. The quantitative estimate of drug-likeness (QED) is 0.111. The normalized spacial score (nSPS) is 11.1. The summed E-state index contributed by atoms with van der Waals surface area (Å²) >= 11 is 3.23. The van der Waals surface area contributed by atoms with Gasteiger partial charge in [-0.2, -0.15) is 0 Å². The van der Waals surface area contributed by atoms with Crippen molar-refractivity contribution in [2.45, 2.75) is 26.2 Å².